The molecule has 0 bridgehead atoms. The molecule has 10 rings (SSSR count). The Balaban J connectivity index is 0.000000151. The molecule has 4 fully saturated rings. The van der Waals surface area contributed by atoms with Crippen molar-refractivity contribution in [2.45, 2.75) is 64.2 Å². The number of aromatic nitrogens is 2. The number of pyridine rings is 2. The number of urea groups is 1. The van der Waals surface area contributed by atoms with Crippen LogP contribution >= 0.6 is 0 Å². The molecule has 298 valence electrons. The summed E-state index contributed by atoms with van der Waals surface area (Å²) in [5, 5.41) is 5.50. The van der Waals surface area contributed by atoms with Crippen LogP contribution in [0.3, 0.4) is 0 Å². The molecule has 2 saturated carbocycles. The lowest BCUT2D eigenvalue weighted by Crippen LogP contribution is -2.34. The molecule has 4 aliphatic carbocycles. The lowest BCUT2D eigenvalue weighted by molar-refractivity contribution is 0.254. The summed E-state index contributed by atoms with van der Waals surface area (Å²) in [6.07, 6.45) is 25.5. The molecule has 11 nitrogen and oxygen atoms in total. The van der Waals surface area contributed by atoms with Crippen LogP contribution in [0, 0.1) is 10.8 Å². The van der Waals surface area contributed by atoms with Crippen molar-refractivity contribution in [2.75, 3.05) is 48.3 Å². The molecule has 2 aromatic carbocycles. The Morgan fingerprint density at radius 3 is 1.62 bits per heavy atom. The van der Waals surface area contributed by atoms with Gasteiger partial charge in [0.05, 0.1) is 5.69 Å². The predicted octanol–water partition coefficient (Wildman–Crippen LogP) is 7.72. The van der Waals surface area contributed by atoms with Crippen LogP contribution in [0.4, 0.5) is 27.5 Å². The molecule has 0 atom stereocenters. The van der Waals surface area contributed by atoms with Gasteiger partial charge in [0.2, 0.25) is 6.08 Å². The number of fused-ring (bicyclic) bond motifs is 2. The Labute approximate surface area is 338 Å². The zero-order valence-electron chi connectivity index (χ0n) is 33.7. The zero-order chi connectivity index (χ0) is 40.2. The van der Waals surface area contributed by atoms with E-state index in [0.29, 0.717) is 29.4 Å². The number of piperidine rings is 2. The SMILES string of the molecule is CNC(=O)Nc1ccc(N2CCC3(CC2)CC3)c(-c2cn(C)c(=O)c3c2C=CC3)c1.Cn1cc(-c2cc(N=C=O)ccc2N2CCC3(CC2)CC3)c2c(c1=O)CC=C2. The predicted molar refractivity (Wildman–Crippen MR) is 232 cm³/mol. The molecule has 4 aromatic rings. The Kier molecular flexibility index (Phi) is 9.59. The molecule has 0 unspecified atom stereocenters. The quantitative estimate of drug-likeness (QED) is 0.153. The maximum absolute atomic E-state index is 12.6. The number of amides is 2. The zero-order valence-corrected chi connectivity index (χ0v) is 33.7. The number of hydrogen-bond donors (Lipinski definition) is 2. The lowest BCUT2D eigenvalue weighted by atomic mass is 9.91. The highest BCUT2D eigenvalue weighted by Gasteiger charge is 2.45. The fourth-order valence-electron chi connectivity index (χ4n) is 9.65. The second-order valence-corrected chi connectivity index (χ2v) is 17.2. The van der Waals surface area contributed by atoms with Gasteiger partial charge in [-0.3, -0.25) is 9.59 Å². The molecule has 2 aliphatic heterocycles. The van der Waals surface area contributed by atoms with Crippen molar-refractivity contribution in [2.24, 2.45) is 29.9 Å². The van der Waals surface area contributed by atoms with Crippen LogP contribution in [0.25, 0.3) is 34.4 Å². The van der Waals surface area contributed by atoms with Crippen LogP contribution in [0.2, 0.25) is 0 Å². The van der Waals surface area contributed by atoms with Gasteiger partial charge in [0, 0.05) is 110 Å². The van der Waals surface area contributed by atoms with Crippen LogP contribution < -0.4 is 31.6 Å². The topological polar surface area (TPSA) is 121 Å². The van der Waals surface area contributed by atoms with Gasteiger partial charge in [-0.2, -0.15) is 4.99 Å². The minimum absolute atomic E-state index is 0.0565. The van der Waals surface area contributed by atoms with Gasteiger partial charge in [-0.1, -0.05) is 24.3 Å². The molecular weight excluding hydrogens is 727 g/mol. The van der Waals surface area contributed by atoms with Crippen LogP contribution in [0.1, 0.15) is 73.6 Å². The van der Waals surface area contributed by atoms with Crippen molar-refractivity contribution in [1.29, 1.82) is 0 Å². The summed E-state index contributed by atoms with van der Waals surface area (Å²) in [7, 11) is 5.22. The first-order valence-corrected chi connectivity index (χ1v) is 20.7. The van der Waals surface area contributed by atoms with Gasteiger partial charge in [-0.05, 0) is 123 Å². The molecule has 2 N–H and O–H groups in total. The van der Waals surface area contributed by atoms with Gasteiger partial charge < -0.3 is 29.6 Å². The van der Waals surface area contributed by atoms with E-state index in [1.807, 2.05) is 55.9 Å². The van der Waals surface area contributed by atoms with Crippen molar-refractivity contribution in [3.05, 3.63) is 104 Å². The first-order valence-electron chi connectivity index (χ1n) is 20.7. The van der Waals surface area contributed by atoms with Crippen molar-refractivity contribution < 1.29 is 9.59 Å². The number of isocyanates is 1. The standard InChI is InChI=1S/C24H28N4O2.C23H23N3O2/c1-25-23(30)26-16-6-7-21(28-12-10-24(8-9-24)11-13-28)19(14-16)20-15-27(2)22(29)18-5-3-4-17(18)20;1-25-14-20(17-3-2-4-18(17)22(25)28)19-13-16(24-15-27)5-6-21(19)26-11-9-23(7-8-23)10-12-26/h3-4,6-7,14-15H,5,8-13H2,1-2H3,(H2,25,26,30);2-3,5-6,13-14H,4,7-12H2,1H3. The number of allylic oxidation sites excluding steroid dienone is 2. The van der Waals surface area contributed by atoms with E-state index in [-0.39, 0.29) is 17.1 Å². The maximum atomic E-state index is 12.6. The second-order valence-electron chi connectivity index (χ2n) is 17.2. The molecule has 2 spiro atoms. The Morgan fingerprint density at radius 1 is 0.672 bits per heavy atom. The summed E-state index contributed by atoms with van der Waals surface area (Å²) < 4.78 is 3.34. The largest absolute Gasteiger partial charge is 0.371 e. The van der Waals surface area contributed by atoms with Gasteiger partial charge in [0.25, 0.3) is 11.1 Å². The molecule has 6 aliphatic rings. The van der Waals surface area contributed by atoms with E-state index < -0.39 is 0 Å². The van der Waals surface area contributed by atoms with E-state index in [4.69, 9.17) is 0 Å². The second kappa shape index (κ2) is 14.8. The van der Waals surface area contributed by atoms with Crippen molar-refractivity contribution in [3.8, 4) is 22.3 Å². The molecule has 2 amide bonds. The van der Waals surface area contributed by atoms with Crippen LogP contribution in [0.5, 0.6) is 0 Å². The van der Waals surface area contributed by atoms with E-state index in [0.717, 1.165) is 82.1 Å². The van der Waals surface area contributed by atoms with Crippen molar-refractivity contribution in [3.63, 3.8) is 0 Å². The minimum atomic E-state index is -0.243. The van der Waals surface area contributed by atoms with Crippen LogP contribution in [0.15, 0.2) is 75.5 Å². The van der Waals surface area contributed by atoms with Gasteiger partial charge in [0.15, 0.2) is 0 Å². The third-order valence-electron chi connectivity index (χ3n) is 13.7. The molecule has 2 saturated heterocycles. The number of hydrogen-bond acceptors (Lipinski definition) is 7. The summed E-state index contributed by atoms with van der Waals surface area (Å²) in [5.74, 6) is 0. The lowest BCUT2D eigenvalue weighted by Gasteiger charge is -2.35. The van der Waals surface area contributed by atoms with Crippen LogP contribution in [-0.4, -0.2) is 54.5 Å². The van der Waals surface area contributed by atoms with Crippen molar-refractivity contribution in [1.82, 2.24) is 14.5 Å². The summed E-state index contributed by atoms with van der Waals surface area (Å²) in [4.78, 5) is 56.6. The van der Waals surface area contributed by atoms with Crippen LogP contribution in [-0.2, 0) is 31.7 Å². The van der Waals surface area contributed by atoms with E-state index >= 15 is 0 Å². The highest BCUT2D eigenvalue weighted by molar-refractivity contribution is 5.93. The Bertz CT molecular complexity index is 2550. The van der Waals surface area contributed by atoms with E-state index in [1.54, 1.807) is 29.3 Å². The van der Waals surface area contributed by atoms with E-state index in [9.17, 15) is 19.2 Å². The number of nitrogens with one attached hydrogen (secondary N) is 2. The van der Waals surface area contributed by atoms with Crippen molar-refractivity contribution >= 4 is 47.0 Å². The number of aryl methyl sites for hydroxylation is 2. The summed E-state index contributed by atoms with van der Waals surface area (Å²) >= 11 is 0. The molecular formula is C47H51N7O4. The molecule has 2 aromatic heterocycles. The fourth-order valence-corrected chi connectivity index (χ4v) is 9.65. The average molecular weight is 778 g/mol. The third kappa shape index (κ3) is 7.02. The molecule has 0 radical (unpaired) electrons. The minimum Gasteiger partial charge on any atom is -0.371 e. The summed E-state index contributed by atoms with van der Waals surface area (Å²) in [5.41, 5.74) is 12.9. The molecule has 4 heterocycles. The van der Waals surface area contributed by atoms with E-state index in [1.165, 1.54) is 57.1 Å². The first-order chi connectivity index (χ1) is 28.1. The van der Waals surface area contributed by atoms with Gasteiger partial charge in [0.1, 0.15) is 0 Å². The smallest absolute Gasteiger partial charge is 0.318 e. The maximum Gasteiger partial charge on any atom is 0.318 e. The molecule has 58 heavy (non-hydrogen) atoms. The number of anilines is 3. The number of aliphatic imine (C=N–C) groups is 1. The van der Waals surface area contributed by atoms with E-state index in [2.05, 4.69) is 49.7 Å². The number of rotatable bonds is 6. The Hall–Kier alpha value is -5.93. The summed E-state index contributed by atoms with van der Waals surface area (Å²) in [6.45, 7) is 4.21. The monoisotopic (exact) mass is 777 g/mol. The van der Waals surface area contributed by atoms with Gasteiger partial charge >= 0.3 is 6.03 Å². The number of benzene rings is 2. The number of nitrogens with zero attached hydrogens (tertiary/aromatic N) is 5. The highest BCUT2D eigenvalue weighted by atomic mass is 16.2. The normalized spacial score (nSPS) is 18.6. The fraction of sp³-hybridized carbons (Fsp3) is 0.404. The first kappa shape index (κ1) is 37.6. The van der Waals surface area contributed by atoms with Gasteiger partial charge in [-0.15, -0.1) is 0 Å². The summed E-state index contributed by atoms with van der Waals surface area (Å²) in [6, 6.07) is 11.8. The number of carbonyl (C=O) groups excluding carboxylic acids is 2. The highest BCUT2D eigenvalue weighted by Crippen LogP contribution is 2.55. The number of carbonyl (C=O) groups is 1. The Morgan fingerprint density at radius 2 is 1.16 bits per heavy atom. The van der Waals surface area contributed by atoms with Gasteiger partial charge in [-0.25, -0.2) is 9.59 Å². The average Bonchev–Trinajstić information content (AvgIpc) is 4.02. The molecule has 11 heteroatoms. The third-order valence-corrected chi connectivity index (χ3v) is 13.7.